The molecule has 2 aromatic carbocycles. The number of nitrogens with zero attached hydrogens (tertiary/aromatic N) is 2. The fraction of sp³-hybridized carbons (Fsp3) is 0.458. The minimum absolute atomic E-state index is 0. The Morgan fingerprint density at radius 3 is 2.52 bits per heavy atom. The second-order valence-electron chi connectivity index (χ2n) is 8.24. The molecule has 1 aliphatic carbocycles. The van der Waals surface area contributed by atoms with Gasteiger partial charge >= 0.3 is 0 Å². The van der Waals surface area contributed by atoms with Gasteiger partial charge in [-0.05, 0) is 42.5 Å². The zero-order chi connectivity index (χ0) is 20.9. The Bertz CT molecular complexity index is 871. The molecule has 5 nitrogen and oxygen atoms in total. The van der Waals surface area contributed by atoms with Gasteiger partial charge in [0, 0.05) is 44.7 Å². The highest BCUT2D eigenvalue weighted by molar-refractivity contribution is 14.0. The zero-order valence-corrected chi connectivity index (χ0v) is 20.5. The number of nitrogens with one attached hydrogen (secondary N) is 2. The van der Waals surface area contributed by atoms with Crippen LogP contribution >= 0.6 is 24.0 Å². The summed E-state index contributed by atoms with van der Waals surface area (Å²) in [6, 6.07) is 16.8. The first-order chi connectivity index (χ1) is 14.7. The van der Waals surface area contributed by atoms with Crippen LogP contribution in [0, 0.1) is 5.82 Å². The molecule has 1 saturated heterocycles. The lowest BCUT2D eigenvalue weighted by Gasteiger charge is -2.33. The summed E-state index contributed by atoms with van der Waals surface area (Å²) in [5.74, 6) is 1.48. The van der Waals surface area contributed by atoms with E-state index < -0.39 is 0 Å². The van der Waals surface area contributed by atoms with E-state index in [1.165, 1.54) is 12.7 Å². The largest absolute Gasteiger partial charge is 0.494 e. The number of aliphatic imine (C=N–C) groups is 1. The Balaban J connectivity index is 0.00000272. The van der Waals surface area contributed by atoms with Gasteiger partial charge in [-0.1, -0.05) is 36.4 Å². The molecule has 1 heterocycles. The van der Waals surface area contributed by atoms with Crippen LogP contribution in [-0.4, -0.2) is 50.2 Å². The highest BCUT2D eigenvalue weighted by Gasteiger charge is 2.39. The van der Waals surface area contributed by atoms with Gasteiger partial charge in [0.2, 0.25) is 0 Å². The Labute approximate surface area is 201 Å². The predicted octanol–water partition coefficient (Wildman–Crippen LogP) is 4.14. The standard InChI is InChI=1S/C24H31FN4O.HI/c1-26-24(28-22-15-20(22)18-6-4-3-5-7-18)27-19-10-12-29(13-11-19)16-17-8-9-23(30-2)21(25)14-17;/h3-9,14,19-20,22H,10-13,15-16H2,1-2H3,(H2,26,27,28);1H. The average Bonchev–Trinajstić information content (AvgIpc) is 3.54. The van der Waals surface area contributed by atoms with Gasteiger partial charge < -0.3 is 15.4 Å². The number of ether oxygens (including phenoxy) is 1. The minimum Gasteiger partial charge on any atom is -0.494 e. The van der Waals surface area contributed by atoms with E-state index in [9.17, 15) is 4.39 Å². The van der Waals surface area contributed by atoms with Gasteiger partial charge in [0.1, 0.15) is 0 Å². The third-order valence-corrected chi connectivity index (χ3v) is 6.11. The van der Waals surface area contributed by atoms with Crippen molar-refractivity contribution in [1.29, 1.82) is 0 Å². The second-order valence-corrected chi connectivity index (χ2v) is 8.24. The summed E-state index contributed by atoms with van der Waals surface area (Å²) in [6.45, 7) is 2.73. The van der Waals surface area contributed by atoms with Crippen LogP contribution < -0.4 is 15.4 Å². The number of halogens is 2. The molecule has 2 fully saturated rings. The third kappa shape index (κ3) is 6.32. The van der Waals surface area contributed by atoms with Crippen molar-refractivity contribution in [3.8, 4) is 5.75 Å². The van der Waals surface area contributed by atoms with Crippen LogP contribution in [0.5, 0.6) is 5.75 Å². The van der Waals surface area contributed by atoms with Crippen molar-refractivity contribution in [2.75, 3.05) is 27.2 Å². The number of piperidine rings is 1. The molecular weight excluding hydrogens is 506 g/mol. The first-order valence-electron chi connectivity index (χ1n) is 10.8. The maximum absolute atomic E-state index is 13.9. The quantitative estimate of drug-likeness (QED) is 0.330. The molecule has 2 atom stereocenters. The topological polar surface area (TPSA) is 48.9 Å². The molecule has 0 aromatic heterocycles. The summed E-state index contributed by atoms with van der Waals surface area (Å²) in [5.41, 5.74) is 2.38. The van der Waals surface area contributed by atoms with Gasteiger partial charge in [0.15, 0.2) is 17.5 Å². The molecule has 1 saturated carbocycles. The monoisotopic (exact) mass is 538 g/mol. The number of methoxy groups -OCH3 is 1. The highest BCUT2D eigenvalue weighted by atomic mass is 127. The van der Waals surface area contributed by atoms with Crippen LogP contribution in [0.15, 0.2) is 53.5 Å². The average molecular weight is 538 g/mol. The van der Waals surface area contributed by atoms with E-state index in [1.54, 1.807) is 12.1 Å². The maximum atomic E-state index is 13.9. The molecule has 0 radical (unpaired) electrons. The number of guanidine groups is 1. The molecular formula is C24H32FIN4O. The lowest BCUT2D eigenvalue weighted by molar-refractivity contribution is 0.198. The highest BCUT2D eigenvalue weighted by Crippen LogP contribution is 2.40. The molecule has 4 rings (SSSR count). The number of likely N-dealkylation sites (tertiary alicyclic amines) is 1. The second kappa shape index (κ2) is 11.1. The number of hydrogen-bond acceptors (Lipinski definition) is 3. The van der Waals surface area contributed by atoms with Crippen LogP contribution in [0.1, 0.15) is 36.3 Å². The van der Waals surface area contributed by atoms with Crippen molar-refractivity contribution in [3.63, 3.8) is 0 Å². The van der Waals surface area contributed by atoms with Crippen LogP contribution in [0.3, 0.4) is 0 Å². The fourth-order valence-corrected chi connectivity index (χ4v) is 4.26. The number of benzene rings is 2. The number of rotatable bonds is 6. The van der Waals surface area contributed by atoms with Crippen molar-refractivity contribution < 1.29 is 9.13 Å². The van der Waals surface area contributed by atoms with Crippen LogP contribution in [-0.2, 0) is 6.54 Å². The molecule has 31 heavy (non-hydrogen) atoms. The molecule has 0 bridgehead atoms. The van der Waals surface area contributed by atoms with Gasteiger partial charge in [-0.3, -0.25) is 9.89 Å². The van der Waals surface area contributed by atoms with E-state index in [4.69, 9.17) is 4.74 Å². The van der Waals surface area contributed by atoms with Gasteiger partial charge in [-0.15, -0.1) is 24.0 Å². The smallest absolute Gasteiger partial charge is 0.191 e. The van der Waals surface area contributed by atoms with Crippen molar-refractivity contribution in [2.45, 2.75) is 43.8 Å². The summed E-state index contributed by atoms with van der Waals surface area (Å²) >= 11 is 0. The van der Waals surface area contributed by atoms with Crippen molar-refractivity contribution >= 4 is 29.9 Å². The summed E-state index contributed by atoms with van der Waals surface area (Å²) in [4.78, 5) is 6.81. The Morgan fingerprint density at radius 1 is 1.13 bits per heavy atom. The molecule has 2 aromatic rings. The van der Waals surface area contributed by atoms with Crippen LogP contribution in [0.25, 0.3) is 0 Å². The maximum Gasteiger partial charge on any atom is 0.191 e. The first-order valence-corrected chi connectivity index (χ1v) is 10.8. The predicted molar refractivity (Wildman–Crippen MR) is 134 cm³/mol. The minimum atomic E-state index is -0.296. The van der Waals surface area contributed by atoms with E-state index in [0.717, 1.165) is 50.4 Å². The number of hydrogen-bond donors (Lipinski definition) is 2. The Hall–Kier alpha value is -1.87. The lowest BCUT2D eigenvalue weighted by atomic mass is 10.0. The Morgan fingerprint density at radius 2 is 1.87 bits per heavy atom. The van der Waals surface area contributed by atoms with Crippen LogP contribution in [0.2, 0.25) is 0 Å². The third-order valence-electron chi connectivity index (χ3n) is 6.11. The first kappa shape index (κ1) is 23.8. The van der Waals surface area contributed by atoms with E-state index in [2.05, 4.69) is 50.9 Å². The molecule has 2 unspecified atom stereocenters. The molecule has 7 heteroatoms. The van der Waals surface area contributed by atoms with Crippen molar-refractivity contribution in [1.82, 2.24) is 15.5 Å². The van der Waals surface area contributed by atoms with Gasteiger partial charge in [0.25, 0.3) is 0 Å². The van der Waals surface area contributed by atoms with Crippen molar-refractivity contribution in [3.05, 3.63) is 65.5 Å². The molecule has 1 aliphatic heterocycles. The van der Waals surface area contributed by atoms with Gasteiger partial charge in [-0.2, -0.15) is 0 Å². The normalized spacial score (nSPS) is 21.8. The SMILES string of the molecule is CN=C(NC1CCN(Cc2ccc(OC)c(F)c2)CC1)NC1CC1c1ccccc1.I. The summed E-state index contributed by atoms with van der Waals surface area (Å²) < 4.78 is 18.9. The summed E-state index contributed by atoms with van der Waals surface area (Å²) in [7, 11) is 3.33. The molecule has 0 spiro atoms. The van der Waals surface area contributed by atoms with Crippen molar-refractivity contribution in [2.24, 2.45) is 4.99 Å². The summed E-state index contributed by atoms with van der Waals surface area (Å²) in [5, 5.41) is 7.17. The molecule has 168 valence electrons. The van der Waals surface area contributed by atoms with E-state index in [0.29, 0.717) is 23.8 Å². The van der Waals surface area contributed by atoms with Crippen LogP contribution in [0.4, 0.5) is 4.39 Å². The lowest BCUT2D eigenvalue weighted by Crippen LogP contribution is -2.49. The fourth-order valence-electron chi connectivity index (χ4n) is 4.26. The molecule has 0 amide bonds. The molecule has 2 aliphatic rings. The molecule has 2 N–H and O–H groups in total. The summed E-state index contributed by atoms with van der Waals surface area (Å²) in [6.07, 6.45) is 3.25. The zero-order valence-electron chi connectivity index (χ0n) is 18.2. The van der Waals surface area contributed by atoms with Gasteiger partial charge in [-0.25, -0.2) is 4.39 Å². The van der Waals surface area contributed by atoms with Gasteiger partial charge in [0.05, 0.1) is 7.11 Å². The Kier molecular flexibility index (Phi) is 8.54. The van der Waals surface area contributed by atoms with E-state index >= 15 is 0 Å². The van der Waals surface area contributed by atoms with E-state index in [-0.39, 0.29) is 29.8 Å². The van der Waals surface area contributed by atoms with E-state index in [1.807, 2.05) is 13.1 Å².